The lowest BCUT2D eigenvalue weighted by Gasteiger charge is -2.17. The smallest absolute Gasteiger partial charge is 0.328 e. The number of hydrogen-bond acceptors (Lipinski definition) is 3. The second kappa shape index (κ2) is 4.69. The lowest BCUT2D eigenvalue weighted by atomic mass is 10.1. The van der Waals surface area contributed by atoms with Gasteiger partial charge in [-0.3, -0.25) is 0 Å². The summed E-state index contributed by atoms with van der Waals surface area (Å²) in [6.45, 7) is 0. The number of esters is 1. The van der Waals surface area contributed by atoms with Crippen molar-refractivity contribution in [3.05, 3.63) is 29.8 Å². The molecule has 1 fully saturated rings. The zero-order valence-corrected chi connectivity index (χ0v) is 9.37. The van der Waals surface area contributed by atoms with Gasteiger partial charge in [-0.2, -0.15) is 0 Å². The van der Waals surface area contributed by atoms with Crippen molar-refractivity contribution >= 4 is 11.7 Å². The highest BCUT2D eigenvalue weighted by Gasteiger charge is 2.37. The van der Waals surface area contributed by atoms with E-state index in [4.69, 9.17) is 0 Å². The molecule has 0 amide bonds. The Kier molecular flexibility index (Phi) is 3.26. The monoisotopic (exact) mass is 241 g/mol. The molecule has 1 N–H and O–H groups in total. The molecule has 2 rings (SSSR count). The van der Waals surface area contributed by atoms with Crippen LogP contribution in [0.4, 0.5) is 14.5 Å². The second-order valence-corrected chi connectivity index (χ2v) is 4.14. The first-order chi connectivity index (χ1) is 8.10. The highest BCUT2D eigenvalue weighted by atomic mass is 19.1. The van der Waals surface area contributed by atoms with Gasteiger partial charge in [-0.15, -0.1) is 0 Å². The van der Waals surface area contributed by atoms with Crippen molar-refractivity contribution in [2.75, 3.05) is 12.4 Å². The number of methoxy groups -OCH3 is 1. The largest absolute Gasteiger partial charge is 0.467 e. The van der Waals surface area contributed by atoms with Crippen molar-refractivity contribution in [1.29, 1.82) is 0 Å². The molecule has 5 heteroatoms. The average molecular weight is 241 g/mol. The number of nitrogens with one attached hydrogen (secondary N) is 1. The quantitative estimate of drug-likeness (QED) is 0.822. The normalized spacial score (nSPS) is 16.4. The second-order valence-electron chi connectivity index (χ2n) is 4.14. The lowest BCUT2D eigenvalue weighted by Crippen LogP contribution is -2.32. The Morgan fingerprint density at radius 3 is 2.41 bits per heavy atom. The lowest BCUT2D eigenvalue weighted by molar-refractivity contribution is -0.142. The number of benzene rings is 1. The predicted molar refractivity (Wildman–Crippen MR) is 58.5 cm³/mol. The van der Waals surface area contributed by atoms with Crippen LogP contribution in [0.2, 0.25) is 0 Å². The minimum Gasteiger partial charge on any atom is -0.467 e. The zero-order chi connectivity index (χ0) is 12.4. The zero-order valence-electron chi connectivity index (χ0n) is 9.37. The summed E-state index contributed by atoms with van der Waals surface area (Å²) in [6, 6.07) is 2.57. The molecule has 0 saturated heterocycles. The fourth-order valence-corrected chi connectivity index (χ4v) is 1.74. The highest BCUT2D eigenvalue weighted by Crippen LogP contribution is 2.35. The van der Waals surface area contributed by atoms with Crippen molar-refractivity contribution in [1.82, 2.24) is 0 Å². The van der Waals surface area contributed by atoms with Gasteiger partial charge in [0.25, 0.3) is 0 Å². The molecule has 0 aliphatic heterocycles. The minimum absolute atomic E-state index is 0.189. The third-order valence-corrected chi connectivity index (χ3v) is 2.73. The van der Waals surface area contributed by atoms with Crippen LogP contribution in [0, 0.1) is 17.6 Å². The van der Waals surface area contributed by atoms with E-state index in [-0.39, 0.29) is 11.6 Å². The summed E-state index contributed by atoms with van der Waals surface area (Å²) in [5.41, 5.74) is 0.254. The summed E-state index contributed by atoms with van der Waals surface area (Å²) < 4.78 is 30.6. The summed E-state index contributed by atoms with van der Waals surface area (Å²) in [4.78, 5) is 11.5. The molecule has 1 atom stereocenters. The maximum Gasteiger partial charge on any atom is 0.328 e. The molecule has 17 heavy (non-hydrogen) atoms. The van der Waals surface area contributed by atoms with Gasteiger partial charge in [0, 0.05) is 11.8 Å². The van der Waals surface area contributed by atoms with Crippen molar-refractivity contribution in [2.45, 2.75) is 18.9 Å². The standard InChI is InChI=1S/C12H13F2NO2/c1-17-12(16)11(7-2-3-7)15-10-5-8(13)4-9(14)6-10/h4-7,11,15H,2-3H2,1H3. The highest BCUT2D eigenvalue weighted by molar-refractivity contribution is 5.80. The van der Waals surface area contributed by atoms with Gasteiger partial charge in [0.05, 0.1) is 7.11 Å². The summed E-state index contributed by atoms with van der Waals surface area (Å²) in [5, 5.41) is 2.82. The van der Waals surface area contributed by atoms with Crippen LogP contribution in [-0.4, -0.2) is 19.1 Å². The summed E-state index contributed by atoms with van der Waals surface area (Å²) in [6.07, 6.45) is 1.84. The Labute approximate surface area is 97.8 Å². The van der Waals surface area contributed by atoms with E-state index in [9.17, 15) is 13.6 Å². The van der Waals surface area contributed by atoms with Gasteiger partial charge in [-0.1, -0.05) is 0 Å². The number of carbonyl (C=O) groups is 1. The number of hydrogen-bond donors (Lipinski definition) is 1. The van der Waals surface area contributed by atoms with E-state index < -0.39 is 23.6 Å². The van der Waals surface area contributed by atoms with Crippen molar-refractivity contribution in [3.8, 4) is 0 Å². The Morgan fingerprint density at radius 1 is 1.35 bits per heavy atom. The Balaban J connectivity index is 2.14. The molecule has 1 saturated carbocycles. The molecule has 1 unspecified atom stereocenters. The van der Waals surface area contributed by atoms with Crippen LogP contribution in [0.1, 0.15) is 12.8 Å². The molecule has 3 nitrogen and oxygen atoms in total. The number of halogens is 2. The minimum atomic E-state index is -0.674. The molecule has 1 aliphatic carbocycles. The number of rotatable bonds is 4. The van der Waals surface area contributed by atoms with E-state index in [1.165, 1.54) is 7.11 Å². The molecule has 0 aromatic heterocycles. The van der Waals surface area contributed by atoms with Crippen molar-refractivity contribution < 1.29 is 18.3 Å². The molecule has 1 aromatic rings. The van der Waals surface area contributed by atoms with Gasteiger partial charge >= 0.3 is 5.97 Å². The van der Waals surface area contributed by atoms with E-state index in [1.807, 2.05) is 0 Å². The maximum atomic E-state index is 13.0. The first kappa shape index (κ1) is 11.8. The van der Waals surface area contributed by atoms with Crippen LogP contribution in [0.15, 0.2) is 18.2 Å². The van der Waals surface area contributed by atoms with E-state index in [0.717, 1.165) is 31.0 Å². The molecule has 0 heterocycles. The molecule has 1 aliphatic rings. The van der Waals surface area contributed by atoms with Crippen LogP contribution in [0.5, 0.6) is 0 Å². The van der Waals surface area contributed by atoms with Crippen LogP contribution < -0.4 is 5.32 Å². The Hall–Kier alpha value is -1.65. The topological polar surface area (TPSA) is 38.3 Å². The Morgan fingerprint density at radius 2 is 1.94 bits per heavy atom. The summed E-state index contributed by atoms with van der Waals surface area (Å²) in [5.74, 6) is -1.57. The SMILES string of the molecule is COC(=O)C(Nc1cc(F)cc(F)c1)C1CC1. The fraction of sp³-hybridized carbons (Fsp3) is 0.417. The van der Waals surface area contributed by atoms with Crippen LogP contribution in [-0.2, 0) is 9.53 Å². The van der Waals surface area contributed by atoms with E-state index >= 15 is 0 Å². The molecule has 1 aromatic carbocycles. The van der Waals surface area contributed by atoms with Crippen LogP contribution in [0.3, 0.4) is 0 Å². The van der Waals surface area contributed by atoms with Crippen LogP contribution >= 0.6 is 0 Å². The van der Waals surface area contributed by atoms with E-state index in [0.29, 0.717) is 0 Å². The van der Waals surface area contributed by atoms with Gasteiger partial charge in [-0.25, -0.2) is 13.6 Å². The number of anilines is 1. The first-order valence-corrected chi connectivity index (χ1v) is 5.40. The van der Waals surface area contributed by atoms with Gasteiger partial charge in [0.1, 0.15) is 17.7 Å². The third kappa shape index (κ3) is 2.93. The number of carbonyl (C=O) groups excluding carboxylic acids is 1. The predicted octanol–water partition coefficient (Wildman–Crippen LogP) is 2.33. The van der Waals surface area contributed by atoms with Gasteiger partial charge in [0.15, 0.2) is 0 Å². The molecule has 92 valence electrons. The molecule has 0 bridgehead atoms. The molecular weight excluding hydrogens is 228 g/mol. The van der Waals surface area contributed by atoms with E-state index in [1.54, 1.807) is 0 Å². The molecule has 0 radical (unpaired) electrons. The first-order valence-electron chi connectivity index (χ1n) is 5.40. The Bertz CT molecular complexity index is 412. The molecule has 0 spiro atoms. The van der Waals surface area contributed by atoms with Crippen molar-refractivity contribution in [2.24, 2.45) is 5.92 Å². The van der Waals surface area contributed by atoms with Crippen LogP contribution in [0.25, 0.3) is 0 Å². The summed E-state index contributed by atoms with van der Waals surface area (Å²) >= 11 is 0. The van der Waals surface area contributed by atoms with Gasteiger partial charge < -0.3 is 10.1 Å². The molecular formula is C12H13F2NO2. The van der Waals surface area contributed by atoms with Crippen molar-refractivity contribution in [3.63, 3.8) is 0 Å². The van der Waals surface area contributed by atoms with E-state index in [2.05, 4.69) is 10.1 Å². The van der Waals surface area contributed by atoms with Gasteiger partial charge in [0.2, 0.25) is 0 Å². The number of ether oxygens (including phenoxy) is 1. The summed E-state index contributed by atoms with van der Waals surface area (Å²) in [7, 11) is 1.30. The maximum absolute atomic E-state index is 13.0. The average Bonchev–Trinajstić information content (AvgIpc) is 3.07. The van der Waals surface area contributed by atoms with Gasteiger partial charge in [-0.05, 0) is 30.9 Å². The third-order valence-electron chi connectivity index (χ3n) is 2.73. The fourth-order valence-electron chi connectivity index (χ4n) is 1.74.